The molecule has 1 amide bonds. The van der Waals surface area contributed by atoms with Gasteiger partial charge in [0.25, 0.3) is 5.91 Å². The van der Waals surface area contributed by atoms with Crippen LogP contribution >= 0.6 is 24.0 Å². The van der Waals surface area contributed by atoms with Gasteiger partial charge in [-0.1, -0.05) is 42.5 Å². The summed E-state index contributed by atoms with van der Waals surface area (Å²) < 4.78 is 12.1. The second kappa shape index (κ2) is 11.0. The van der Waals surface area contributed by atoms with E-state index in [9.17, 15) is 9.59 Å². The van der Waals surface area contributed by atoms with Crippen molar-refractivity contribution in [1.82, 2.24) is 4.90 Å². The van der Waals surface area contributed by atoms with Gasteiger partial charge in [-0.3, -0.25) is 14.5 Å². The number of aliphatic carboxylic acids is 1. The number of carboxylic acid groups (broad SMARTS) is 1. The van der Waals surface area contributed by atoms with Crippen molar-refractivity contribution >= 4 is 51.9 Å². The second-order valence-electron chi connectivity index (χ2n) is 7.86. The minimum atomic E-state index is -0.797. The van der Waals surface area contributed by atoms with E-state index in [0.29, 0.717) is 41.2 Å². The van der Waals surface area contributed by atoms with Gasteiger partial charge in [0, 0.05) is 43.4 Å². The van der Waals surface area contributed by atoms with Crippen LogP contribution in [0.5, 0.6) is 0 Å². The maximum absolute atomic E-state index is 12.8. The Hall–Kier alpha value is -2.62. The van der Waals surface area contributed by atoms with Crippen LogP contribution < -0.4 is 4.90 Å². The van der Waals surface area contributed by atoms with Crippen molar-refractivity contribution in [2.75, 3.05) is 37.7 Å². The summed E-state index contributed by atoms with van der Waals surface area (Å²) in [6.07, 6.45) is 3.95. The van der Waals surface area contributed by atoms with Gasteiger partial charge >= 0.3 is 5.97 Å². The van der Waals surface area contributed by atoms with Crippen molar-refractivity contribution in [3.8, 4) is 11.3 Å². The minimum Gasteiger partial charge on any atom is -0.481 e. The molecule has 0 atom stereocenters. The molecule has 33 heavy (non-hydrogen) atoms. The molecule has 7 nitrogen and oxygen atoms in total. The number of para-hydroxylation sites is 1. The molecule has 2 saturated heterocycles. The highest BCUT2D eigenvalue weighted by atomic mass is 32.2. The van der Waals surface area contributed by atoms with Crippen molar-refractivity contribution in [3.63, 3.8) is 0 Å². The van der Waals surface area contributed by atoms with Gasteiger partial charge in [0.15, 0.2) is 0 Å². The molecule has 1 N–H and O–H groups in total. The van der Waals surface area contributed by atoms with Gasteiger partial charge in [0.05, 0.1) is 18.1 Å². The molecule has 1 aromatic heterocycles. The predicted molar refractivity (Wildman–Crippen MR) is 133 cm³/mol. The number of thiocarbonyl (C=S) groups is 1. The smallest absolute Gasteiger partial charge is 0.303 e. The maximum atomic E-state index is 12.8. The van der Waals surface area contributed by atoms with Crippen LogP contribution in [0.15, 0.2) is 45.7 Å². The summed E-state index contributed by atoms with van der Waals surface area (Å²) in [6.45, 7) is 3.59. The molecule has 2 fully saturated rings. The Morgan fingerprint density at radius 2 is 1.91 bits per heavy atom. The minimum absolute atomic E-state index is 0.130. The van der Waals surface area contributed by atoms with Crippen LogP contribution in [0.4, 0.5) is 5.69 Å². The van der Waals surface area contributed by atoms with Gasteiger partial charge in [-0.05, 0) is 37.1 Å². The summed E-state index contributed by atoms with van der Waals surface area (Å²) in [5.41, 5.74) is 2.11. The van der Waals surface area contributed by atoms with Crippen molar-refractivity contribution in [3.05, 3.63) is 47.1 Å². The van der Waals surface area contributed by atoms with E-state index in [1.807, 2.05) is 30.3 Å². The molecule has 0 spiro atoms. The first-order chi connectivity index (χ1) is 16.0. The summed E-state index contributed by atoms with van der Waals surface area (Å²) in [6, 6.07) is 11.9. The number of nitrogens with zero attached hydrogens (tertiary/aromatic N) is 2. The number of amides is 1. The number of ether oxygens (including phenoxy) is 1. The molecule has 2 aliphatic heterocycles. The highest BCUT2D eigenvalue weighted by Crippen LogP contribution is 2.36. The number of hydrogen-bond acceptors (Lipinski definition) is 7. The van der Waals surface area contributed by atoms with Crippen LogP contribution in [0.2, 0.25) is 0 Å². The van der Waals surface area contributed by atoms with Gasteiger partial charge in [-0.2, -0.15) is 0 Å². The van der Waals surface area contributed by atoms with Crippen molar-refractivity contribution in [2.45, 2.75) is 25.7 Å². The first kappa shape index (κ1) is 23.5. The lowest BCUT2D eigenvalue weighted by molar-refractivity contribution is -0.137. The highest BCUT2D eigenvalue weighted by molar-refractivity contribution is 8.26. The van der Waals surface area contributed by atoms with E-state index in [1.54, 1.807) is 11.0 Å². The van der Waals surface area contributed by atoms with E-state index in [1.165, 1.54) is 11.8 Å². The first-order valence-corrected chi connectivity index (χ1v) is 12.2. The van der Waals surface area contributed by atoms with Gasteiger partial charge in [0.1, 0.15) is 15.8 Å². The molecule has 0 bridgehead atoms. The molecule has 2 aromatic rings. The number of furan rings is 1. The Kier molecular flexibility index (Phi) is 7.85. The van der Waals surface area contributed by atoms with Crippen molar-refractivity contribution in [2.24, 2.45) is 0 Å². The van der Waals surface area contributed by atoms with Crippen molar-refractivity contribution < 1.29 is 23.8 Å². The van der Waals surface area contributed by atoms with E-state index in [0.717, 1.165) is 42.9 Å². The average Bonchev–Trinajstić information content (AvgIpc) is 3.39. The Morgan fingerprint density at radius 3 is 2.70 bits per heavy atom. The molecule has 3 heterocycles. The third-order valence-electron chi connectivity index (χ3n) is 5.57. The lowest BCUT2D eigenvalue weighted by Crippen LogP contribution is -2.36. The third kappa shape index (κ3) is 5.85. The lowest BCUT2D eigenvalue weighted by Gasteiger charge is -2.30. The van der Waals surface area contributed by atoms with Crippen LogP contribution in [0, 0.1) is 0 Å². The SMILES string of the molecule is O=C(O)CCCCCN1C(=O)/C(=C/c2ccc(-c3ccccc3N3CCOCC3)o2)SC1=S. The molecular weight excluding hydrogens is 460 g/mol. The van der Waals surface area contributed by atoms with Crippen LogP contribution in [0.25, 0.3) is 17.4 Å². The van der Waals surface area contributed by atoms with Gasteiger partial charge in [0.2, 0.25) is 0 Å². The molecule has 1 aromatic carbocycles. The van der Waals surface area contributed by atoms with E-state index < -0.39 is 5.97 Å². The fourth-order valence-electron chi connectivity index (χ4n) is 3.88. The summed E-state index contributed by atoms with van der Waals surface area (Å²) in [7, 11) is 0. The molecular formula is C24H26N2O5S2. The predicted octanol–water partition coefficient (Wildman–Crippen LogP) is 4.63. The fourth-order valence-corrected chi connectivity index (χ4v) is 5.17. The van der Waals surface area contributed by atoms with E-state index in [-0.39, 0.29) is 12.3 Å². The van der Waals surface area contributed by atoms with Gasteiger partial charge < -0.3 is 19.2 Å². The molecule has 9 heteroatoms. The molecule has 174 valence electrons. The third-order valence-corrected chi connectivity index (χ3v) is 6.95. The fraction of sp³-hybridized carbons (Fsp3) is 0.375. The quantitative estimate of drug-likeness (QED) is 0.312. The van der Waals surface area contributed by atoms with Gasteiger partial charge in [-0.25, -0.2) is 0 Å². The van der Waals surface area contributed by atoms with E-state index in [2.05, 4.69) is 11.0 Å². The summed E-state index contributed by atoms with van der Waals surface area (Å²) in [5.74, 6) is 0.421. The molecule has 0 aliphatic carbocycles. The lowest BCUT2D eigenvalue weighted by atomic mass is 10.1. The zero-order valence-electron chi connectivity index (χ0n) is 18.2. The van der Waals surface area contributed by atoms with Crippen LogP contribution in [0.1, 0.15) is 31.4 Å². The number of morpholine rings is 1. The van der Waals surface area contributed by atoms with Crippen molar-refractivity contribution in [1.29, 1.82) is 0 Å². The van der Waals surface area contributed by atoms with Crippen LogP contribution in [-0.4, -0.2) is 59.1 Å². The Labute approximate surface area is 202 Å². The molecule has 4 rings (SSSR count). The second-order valence-corrected chi connectivity index (χ2v) is 9.53. The topological polar surface area (TPSA) is 83.2 Å². The highest BCUT2D eigenvalue weighted by Gasteiger charge is 2.31. The van der Waals surface area contributed by atoms with Crippen LogP contribution in [-0.2, 0) is 14.3 Å². The monoisotopic (exact) mass is 486 g/mol. The number of carbonyl (C=O) groups excluding carboxylic acids is 1. The van der Waals surface area contributed by atoms with E-state index in [4.69, 9.17) is 26.5 Å². The average molecular weight is 487 g/mol. The maximum Gasteiger partial charge on any atom is 0.303 e. The summed E-state index contributed by atoms with van der Waals surface area (Å²) in [4.78, 5) is 27.9. The largest absolute Gasteiger partial charge is 0.481 e. The number of carbonyl (C=O) groups is 2. The summed E-state index contributed by atoms with van der Waals surface area (Å²) >= 11 is 6.66. The van der Waals surface area contributed by atoms with E-state index >= 15 is 0 Å². The Morgan fingerprint density at radius 1 is 1.12 bits per heavy atom. The molecule has 0 unspecified atom stereocenters. The molecule has 2 aliphatic rings. The number of hydrogen-bond donors (Lipinski definition) is 1. The summed E-state index contributed by atoms with van der Waals surface area (Å²) in [5, 5.41) is 8.73. The number of rotatable bonds is 9. The number of unbranched alkanes of at least 4 members (excludes halogenated alkanes) is 2. The Balaban J connectivity index is 1.43. The number of benzene rings is 1. The zero-order valence-corrected chi connectivity index (χ0v) is 19.8. The number of carboxylic acids is 1. The first-order valence-electron chi connectivity index (χ1n) is 11.0. The number of thioether (sulfide) groups is 1. The standard InChI is InChI=1S/C24H26N2O5S2/c27-22(28)8-2-1-5-11-26-23(29)21(33-24(26)32)16-17-9-10-20(31-17)18-6-3-4-7-19(18)25-12-14-30-15-13-25/h3-4,6-7,9-10,16H,1-2,5,8,11-15H2,(H,27,28)/b21-16-. The zero-order chi connectivity index (χ0) is 23.2. The Bertz CT molecular complexity index is 1060. The normalized spacial score (nSPS) is 17.9. The van der Waals surface area contributed by atoms with Crippen LogP contribution in [0.3, 0.4) is 0 Å². The molecule has 0 saturated carbocycles. The van der Waals surface area contributed by atoms with Gasteiger partial charge in [-0.15, -0.1) is 0 Å². The number of anilines is 1. The molecule has 0 radical (unpaired) electrons.